The molecule has 0 bridgehead atoms. The molecular formula is C10H20N2O2. The fraction of sp³-hybridized carbons (Fsp3) is 0.900. The van der Waals surface area contributed by atoms with Crippen LogP contribution in [0.15, 0.2) is 0 Å². The summed E-state index contributed by atoms with van der Waals surface area (Å²) >= 11 is 0. The molecule has 4 N–H and O–H groups in total. The Hall–Kier alpha value is -0.610. The number of nitrogens with one attached hydrogen (secondary N) is 1. The Bertz CT molecular complexity index is 229. The highest BCUT2D eigenvalue weighted by molar-refractivity contribution is 5.83. The van der Waals surface area contributed by atoms with Crippen molar-refractivity contribution in [1.29, 1.82) is 0 Å². The summed E-state index contributed by atoms with van der Waals surface area (Å²) < 4.78 is 0. The number of hydrogen-bond acceptors (Lipinski definition) is 3. The van der Waals surface area contributed by atoms with Crippen LogP contribution in [0.5, 0.6) is 0 Å². The van der Waals surface area contributed by atoms with Crippen molar-refractivity contribution in [2.75, 3.05) is 6.61 Å². The molecule has 1 aliphatic rings. The highest BCUT2D eigenvalue weighted by atomic mass is 16.3. The summed E-state index contributed by atoms with van der Waals surface area (Å²) in [6.07, 6.45) is 1.71. The monoisotopic (exact) mass is 200 g/mol. The van der Waals surface area contributed by atoms with Crippen LogP contribution in [0.4, 0.5) is 0 Å². The predicted octanol–water partition coefficient (Wildman–Crippen LogP) is 0.000900. The Morgan fingerprint density at radius 2 is 2.07 bits per heavy atom. The average Bonchev–Trinajstić information content (AvgIpc) is 2.82. The lowest BCUT2D eigenvalue weighted by molar-refractivity contribution is -0.125. The van der Waals surface area contributed by atoms with Crippen molar-refractivity contribution < 1.29 is 9.90 Å². The van der Waals surface area contributed by atoms with Gasteiger partial charge in [0.1, 0.15) is 0 Å². The molecule has 1 amide bonds. The van der Waals surface area contributed by atoms with E-state index in [9.17, 15) is 4.79 Å². The Morgan fingerprint density at radius 3 is 2.36 bits per heavy atom. The Labute approximate surface area is 84.9 Å². The fourth-order valence-electron chi connectivity index (χ4n) is 1.21. The van der Waals surface area contributed by atoms with Crippen LogP contribution in [-0.4, -0.2) is 29.2 Å². The second-order valence-electron chi connectivity index (χ2n) is 5.27. The van der Waals surface area contributed by atoms with E-state index in [-0.39, 0.29) is 23.5 Å². The lowest BCUT2D eigenvalue weighted by Gasteiger charge is -2.27. The number of aliphatic hydroxyl groups is 1. The van der Waals surface area contributed by atoms with Gasteiger partial charge in [0.2, 0.25) is 5.91 Å². The molecule has 1 aliphatic carbocycles. The van der Waals surface area contributed by atoms with Gasteiger partial charge < -0.3 is 16.2 Å². The molecule has 0 aromatic rings. The van der Waals surface area contributed by atoms with E-state index in [4.69, 9.17) is 10.8 Å². The third kappa shape index (κ3) is 2.45. The third-order valence-corrected chi connectivity index (χ3v) is 2.76. The predicted molar refractivity (Wildman–Crippen MR) is 54.6 cm³/mol. The summed E-state index contributed by atoms with van der Waals surface area (Å²) in [4.78, 5) is 11.7. The summed E-state index contributed by atoms with van der Waals surface area (Å²) in [5.74, 6) is -0.163. The fourth-order valence-corrected chi connectivity index (χ4v) is 1.21. The number of rotatable bonds is 3. The van der Waals surface area contributed by atoms with E-state index in [1.807, 2.05) is 20.8 Å². The topological polar surface area (TPSA) is 75.4 Å². The Balaban J connectivity index is 2.50. The van der Waals surface area contributed by atoms with Crippen LogP contribution in [0.2, 0.25) is 0 Å². The molecule has 82 valence electrons. The van der Waals surface area contributed by atoms with Crippen LogP contribution in [0.3, 0.4) is 0 Å². The molecule has 0 heterocycles. The summed E-state index contributed by atoms with van der Waals surface area (Å²) in [6, 6.07) is -0.522. The molecule has 0 saturated heterocycles. The maximum Gasteiger partial charge on any atom is 0.237 e. The minimum absolute atomic E-state index is 0.00953. The smallest absolute Gasteiger partial charge is 0.237 e. The van der Waals surface area contributed by atoms with Gasteiger partial charge in [0.25, 0.3) is 0 Å². The van der Waals surface area contributed by atoms with E-state index < -0.39 is 6.04 Å². The van der Waals surface area contributed by atoms with Gasteiger partial charge in [-0.3, -0.25) is 4.79 Å². The van der Waals surface area contributed by atoms with E-state index in [1.54, 1.807) is 0 Å². The van der Waals surface area contributed by atoms with Crippen LogP contribution in [0.1, 0.15) is 33.6 Å². The number of carbonyl (C=O) groups is 1. The second-order valence-corrected chi connectivity index (χ2v) is 5.27. The summed E-state index contributed by atoms with van der Waals surface area (Å²) in [7, 11) is 0. The van der Waals surface area contributed by atoms with E-state index >= 15 is 0 Å². The lowest BCUT2D eigenvalue weighted by Crippen LogP contribution is -2.53. The number of carbonyl (C=O) groups excluding carboxylic acids is 1. The standard InChI is InChI=1S/C10H20N2O2/c1-9(2,3)7(11)8(14)12-10(6-13)4-5-10/h7,13H,4-6,11H2,1-3H3,(H,12,14)/t7-/m1/s1. The molecule has 0 aromatic carbocycles. The number of aliphatic hydroxyl groups excluding tert-OH is 1. The molecule has 0 spiro atoms. The van der Waals surface area contributed by atoms with Gasteiger partial charge in [0.15, 0.2) is 0 Å². The van der Waals surface area contributed by atoms with Gasteiger partial charge in [-0.15, -0.1) is 0 Å². The van der Waals surface area contributed by atoms with Crippen molar-refractivity contribution >= 4 is 5.91 Å². The Kier molecular flexibility index (Phi) is 2.88. The molecular weight excluding hydrogens is 180 g/mol. The molecule has 0 aliphatic heterocycles. The van der Waals surface area contributed by atoms with Gasteiger partial charge in [-0.05, 0) is 18.3 Å². The molecule has 0 unspecified atom stereocenters. The van der Waals surface area contributed by atoms with E-state index in [0.29, 0.717) is 0 Å². The van der Waals surface area contributed by atoms with Crippen LogP contribution >= 0.6 is 0 Å². The zero-order valence-electron chi connectivity index (χ0n) is 9.13. The van der Waals surface area contributed by atoms with Crippen molar-refractivity contribution in [1.82, 2.24) is 5.32 Å². The molecule has 14 heavy (non-hydrogen) atoms. The average molecular weight is 200 g/mol. The highest BCUT2D eigenvalue weighted by Gasteiger charge is 2.45. The first kappa shape index (κ1) is 11.5. The lowest BCUT2D eigenvalue weighted by atomic mass is 9.87. The summed E-state index contributed by atoms with van der Waals surface area (Å²) in [6.45, 7) is 5.79. The highest BCUT2D eigenvalue weighted by Crippen LogP contribution is 2.35. The molecule has 1 saturated carbocycles. The van der Waals surface area contributed by atoms with Gasteiger partial charge in [0, 0.05) is 0 Å². The number of amides is 1. The minimum Gasteiger partial charge on any atom is -0.394 e. The third-order valence-electron chi connectivity index (χ3n) is 2.76. The minimum atomic E-state index is -0.522. The van der Waals surface area contributed by atoms with Crippen molar-refractivity contribution in [2.45, 2.75) is 45.2 Å². The van der Waals surface area contributed by atoms with Crippen LogP contribution in [0.25, 0.3) is 0 Å². The normalized spacial score (nSPS) is 21.5. The van der Waals surface area contributed by atoms with Crippen LogP contribution in [0, 0.1) is 5.41 Å². The SMILES string of the molecule is CC(C)(C)[C@H](N)C(=O)NC1(CO)CC1. The quantitative estimate of drug-likeness (QED) is 0.600. The molecule has 0 aromatic heterocycles. The van der Waals surface area contributed by atoms with Crippen molar-refractivity contribution in [3.63, 3.8) is 0 Å². The first-order chi connectivity index (χ1) is 6.31. The first-order valence-electron chi connectivity index (χ1n) is 4.99. The maximum atomic E-state index is 11.7. The van der Waals surface area contributed by atoms with Gasteiger partial charge in [-0.25, -0.2) is 0 Å². The van der Waals surface area contributed by atoms with E-state index in [1.165, 1.54) is 0 Å². The molecule has 1 atom stereocenters. The molecule has 1 fully saturated rings. The largest absolute Gasteiger partial charge is 0.394 e. The molecule has 1 rings (SSSR count). The number of hydrogen-bond donors (Lipinski definition) is 3. The van der Waals surface area contributed by atoms with Crippen LogP contribution < -0.4 is 11.1 Å². The van der Waals surface area contributed by atoms with Gasteiger partial charge >= 0.3 is 0 Å². The van der Waals surface area contributed by atoms with E-state index in [0.717, 1.165) is 12.8 Å². The van der Waals surface area contributed by atoms with Crippen molar-refractivity contribution in [2.24, 2.45) is 11.1 Å². The van der Waals surface area contributed by atoms with Crippen molar-refractivity contribution in [3.05, 3.63) is 0 Å². The first-order valence-corrected chi connectivity index (χ1v) is 4.99. The second kappa shape index (κ2) is 3.51. The molecule has 4 nitrogen and oxygen atoms in total. The van der Waals surface area contributed by atoms with Crippen LogP contribution in [-0.2, 0) is 4.79 Å². The maximum absolute atomic E-state index is 11.7. The zero-order chi connectivity index (χ0) is 11.0. The van der Waals surface area contributed by atoms with Gasteiger partial charge in [-0.2, -0.15) is 0 Å². The summed E-state index contributed by atoms with van der Waals surface area (Å²) in [5, 5.41) is 11.8. The Morgan fingerprint density at radius 1 is 1.57 bits per heavy atom. The number of nitrogens with two attached hydrogens (primary N) is 1. The van der Waals surface area contributed by atoms with Gasteiger partial charge in [-0.1, -0.05) is 20.8 Å². The van der Waals surface area contributed by atoms with Gasteiger partial charge in [0.05, 0.1) is 18.2 Å². The van der Waals surface area contributed by atoms with E-state index in [2.05, 4.69) is 5.32 Å². The molecule has 0 radical (unpaired) electrons. The van der Waals surface area contributed by atoms with Crippen molar-refractivity contribution in [3.8, 4) is 0 Å². The summed E-state index contributed by atoms with van der Waals surface area (Å²) in [5.41, 5.74) is 5.19. The zero-order valence-corrected chi connectivity index (χ0v) is 9.13. The molecule has 4 heteroatoms.